The molecule has 3 aromatic rings. The van der Waals surface area contributed by atoms with Crippen molar-refractivity contribution in [3.8, 4) is 11.5 Å². The van der Waals surface area contributed by atoms with Crippen LogP contribution in [-0.4, -0.2) is 21.4 Å². The summed E-state index contributed by atoms with van der Waals surface area (Å²) in [6, 6.07) is 15.0. The molecule has 0 spiro atoms. The number of thioether (sulfide) groups is 1. The van der Waals surface area contributed by atoms with Crippen molar-refractivity contribution in [3.63, 3.8) is 0 Å². The summed E-state index contributed by atoms with van der Waals surface area (Å²) in [5.41, 5.74) is 1.55. The van der Waals surface area contributed by atoms with Crippen molar-refractivity contribution in [2.24, 2.45) is 0 Å². The number of hydrogen-bond acceptors (Lipinski definition) is 5. The fourth-order valence-corrected chi connectivity index (χ4v) is 3.49. The SMILES string of the molecule is CC(Sc1nnc(-c2cccc(Br)c2)o1)C(=O)Nc1cccc(Br)c1. The van der Waals surface area contributed by atoms with Crippen molar-refractivity contribution < 1.29 is 9.21 Å². The third-order valence-electron chi connectivity index (χ3n) is 3.22. The Hall–Kier alpha value is -1.64. The summed E-state index contributed by atoms with van der Waals surface area (Å²) in [5, 5.41) is 10.9. The summed E-state index contributed by atoms with van der Waals surface area (Å²) in [7, 11) is 0. The zero-order valence-electron chi connectivity index (χ0n) is 13.1. The van der Waals surface area contributed by atoms with E-state index in [-0.39, 0.29) is 11.2 Å². The second kappa shape index (κ2) is 8.16. The Morgan fingerprint density at radius 3 is 2.56 bits per heavy atom. The molecule has 25 heavy (non-hydrogen) atoms. The maximum atomic E-state index is 12.3. The van der Waals surface area contributed by atoms with Crippen LogP contribution in [0.3, 0.4) is 0 Å². The van der Waals surface area contributed by atoms with Crippen molar-refractivity contribution in [2.75, 3.05) is 5.32 Å². The maximum absolute atomic E-state index is 12.3. The highest BCUT2D eigenvalue weighted by Crippen LogP contribution is 2.28. The number of anilines is 1. The van der Waals surface area contributed by atoms with E-state index in [1.54, 1.807) is 6.92 Å². The number of amides is 1. The van der Waals surface area contributed by atoms with Crippen molar-refractivity contribution >= 4 is 55.2 Å². The largest absolute Gasteiger partial charge is 0.411 e. The summed E-state index contributed by atoms with van der Waals surface area (Å²) >= 11 is 8.01. The third kappa shape index (κ3) is 4.93. The van der Waals surface area contributed by atoms with Gasteiger partial charge in [0, 0.05) is 20.2 Å². The number of carbonyl (C=O) groups excluding carboxylic acids is 1. The number of benzene rings is 2. The predicted molar refractivity (Wildman–Crippen MR) is 106 cm³/mol. The van der Waals surface area contributed by atoms with Gasteiger partial charge in [0.25, 0.3) is 5.22 Å². The van der Waals surface area contributed by atoms with Gasteiger partial charge >= 0.3 is 0 Å². The fraction of sp³-hybridized carbons (Fsp3) is 0.118. The molecular formula is C17H13Br2N3O2S. The molecule has 128 valence electrons. The summed E-state index contributed by atoms with van der Waals surface area (Å²) in [5.74, 6) is 0.286. The van der Waals surface area contributed by atoms with E-state index in [0.717, 1.165) is 20.2 Å². The van der Waals surface area contributed by atoms with Crippen LogP contribution in [0.25, 0.3) is 11.5 Å². The molecule has 0 fully saturated rings. The number of hydrogen-bond donors (Lipinski definition) is 1. The lowest BCUT2D eigenvalue weighted by Gasteiger charge is -2.10. The fourth-order valence-electron chi connectivity index (χ4n) is 2.01. The lowest BCUT2D eigenvalue weighted by Crippen LogP contribution is -2.22. The van der Waals surface area contributed by atoms with Gasteiger partial charge in [-0.05, 0) is 43.3 Å². The topological polar surface area (TPSA) is 68.0 Å². The highest BCUT2D eigenvalue weighted by molar-refractivity contribution is 9.10. The van der Waals surface area contributed by atoms with Gasteiger partial charge in [-0.1, -0.05) is 55.8 Å². The molecule has 5 nitrogen and oxygen atoms in total. The Balaban J connectivity index is 1.65. The molecule has 2 aromatic carbocycles. The molecule has 1 heterocycles. The van der Waals surface area contributed by atoms with Crippen LogP contribution in [0.2, 0.25) is 0 Å². The second-order valence-electron chi connectivity index (χ2n) is 5.14. The number of carbonyl (C=O) groups is 1. The number of halogens is 2. The van der Waals surface area contributed by atoms with Crippen LogP contribution >= 0.6 is 43.6 Å². The first-order valence-corrected chi connectivity index (χ1v) is 9.80. The Kier molecular flexibility index (Phi) is 5.93. The van der Waals surface area contributed by atoms with Crippen LogP contribution in [-0.2, 0) is 4.79 Å². The number of aromatic nitrogens is 2. The molecule has 0 saturated carbocycles. The van der Waals surface area contributed by atoms with Crippen LogP contribution < -0.4 is 5.32 Å². The number of nitrogens with zero attached hydrogens (tertiary/aromatic N) is 2. The zero-order valence-corrected chi connectivity index (χ0v) is 17.1. The van der Waals surface area contributed by atoms with Gasteiger partial charge in [-0.3, -0.25) is 4.79 Å². The molecule has 1 aromatic heterocycles. The van der Waals surface area contributed by atoms with Crippen molar-refractivity contribution in [1.29, 1.82) is 0 Å². The van der Waals surface area contributed by atoms with Crippen molar-refractivity contribution in [1.82, 2.24) is 10.2 Å². The van der Waals surface area contributed by atoms with Gasteiger partial charge in [-0.15, -0.1) is 10.2 Å². The zero-order chi connectivity index (χ0) is 17.8. The normalized spacial score (nSPS) is 12.0. The molecule has 1 unspecified atom stereocenters. The molecule has 1 amide bonds. The standard InChI is InChI=1S/C17H13Br2N3O2S/c1-10(15(23)20-14-7-3-6-13(19)9-14)25-17-22-21-16(24-17)11-4-2-5-12(18)8-11/h2-10H,1H3,(H,20,23). The van der Waals surface area contributed by atoms with E-state index in [1.165, 1.54) is 11.8 Å². The molecule has 0 aliphatic heterocycles. The third-order valence-corrected chi connectivity index (χ3v) is 5.14. The summed E-state index contributed by atoms with van der Waals surface area (Å²) in [6.07, 6.45) is 0. The Morgan fingerprint density at radius 1 is 1.12 bits per heavy atom. The minimum atomic E-state index is -0.380. The van der Waals surface area contributed by atoms with Gasteiger partial charge in [0.05, 0.1) is 5.25 Å². The van der Waals surface area contributed by atoms with Gasteiger partial charge in [0.15, 0.2) is 0 Å². The average Bonchev–Trinajstić information content (AvgIpc) is 3.03. The Morgan fingerprint density at radius 2 is 1.84 bits per heavy atom. The number of nitrogens with one attached hydrogen (secondary N) is 1. The molecule has 0 saturated heterocycles. The smallest absolute Gasteiger partial charge is 0.277 e. The Bertz CT molecular complexity index is 901. The van der Waals surface area contributed by atoms with Gasteiger partial charge in [-0.25, -0.2) is 0 Å². The molecule has 1 N–H and O–H groups in total. The first kappa shape index (κ1) is 18.2. The molecule has 0 aliphatic carbocycles. The summed E-state index contributed by atoms with van der Waals surface area (Å²) < 4.78 is 7.48. The van der Waals surface area contributed by atoms with Crippen LogP contribution in [0.15, 0.2) is 67.1 Å². The van der Waals surface area contributed by atoms with Gasteiger partial charge < -0.3 is 9.73 Å². The van der Waals surface area contributed by atoms with E-state index in [1.807, 2.05) is 48.5 Å². The predicted octanol–water partition coefficient (Wildman–Crippen LogP) is 5.38. The highest BCUT2D eigenvalue weighted by atomic mass is 79.9. The van der Waals surface area contributed by atoms with Crippen LogP contribution in [0, 0.1) is 0 Å². The van der Waals surface area contributed by atoms with Crippen molar-refractivity contribution in [3.05, 3.63) is 57.5 Å². The monoisotopic (exact) mass is 481 g/mol. The van der Waals surface area contributed by atoms with Gasteiger partial charge in [0.2, 0.25) is 11.8 Å². The first-order chi connectivity index (χ1) is 12.0. The lowest BCUT2D eigenvalue weighted by atomic mass is 10.2. The number of rotatable bonds is 5. The van der Waals surface area contributed by atoms with E-state index in [4.69, 9.17) is 4.42 Å². The summed E-state index contributed by atoms with van der Waals surface area (Å²) in [4.78, 5) is 12.3. The van der Waals surface area contributed by atoms with Gasteiger partial charge in [0.1, 0.15) is 0 Å². The minimum absolute atomic E-state index is 0.134. The molecule has 0 radical (unpaired) electrons. The van der Waals surface area contributed by atoms with E-state index >= 15 is 0 Å². The van der Waals surface area contributed by atoms with Crippen molar-refractivity contribution in [2.45, 2.75) is 17.4 Å². The van der Waals surface area contributed by atoms with E-state index in [9.17, 15) is 4.79 Å². The van der Waals surface area contributed by atoms with Crippen LogP contribution in [0.4, 0.5) is 5.69 Å². The Labute approximate surface area is 165 Å². The quantitative estimate of drug-likeness (QED) is 0.494. The molecule has 0 bridgehead atoms. The average molecular weight is 483 g/mol. The molecule has 1 atom stereocenters. The molecule has 3 rings (SSSR count). The molecular weight excluding hydrogens is 470 g/mol. The maximum Gasteiger partial charge on any atom is 0.277 e. The van der Waals surface area contributed by atoms with E-state index in [2.05, 4.69) is 47.4 Å². The lowest BCUT2D eigenvalue weighted by molar-refractivity contribution is -0.115. The van der Waals surface area contributed by atoms with E-state index < -0.39 is 0 Å². The van der Waals surface area contributed by atoms with Crippen LogP contribution in [0.1, 0.15) is 6.92 Å². The van der Waals surface area contributed by atoms with E-state index in [0.29, 0.717) is 11.1 Å². The molecule has 0 aliphatic rings. The second-order valence-corrected chi connectivity index (χ2v) is 8.27. The highest BCUT2D eigenvalue weighted by Gasteiger charge is 2.19. The summed E-state index contributed by atoms with van der Waals surface area (Å²) in [6.45, 7) is 1.79. The van der Waals surface area contributed by atoms with Gasteiger partial charge in [-0.2, -0.15) is 0 Å². The van der Waals surface area contributed by atoms with Crippen LogP contribution in [0.5, 0.6) is 0 Å². The minimum Gasteiger partial charge on any atom is -0.411 e. The first-order valence-electron chi connectivity index (χ1n) is 7.34. The molecule has 8 heteroatoms.